The van der Waals surface area contributed by atoms with Crippen molar-refractivity contribution in [3.05, 3.63) is 42.0 Å². The van der Waals surface area contributed by atoms with Crippen LogP contribution in [0.4, 0.5) is 0 Å². The van der Waals surface area contributed by atoms with Crippen LogP contribution >= 0.6 is 0 Å². The first-order chi connectivity index (χ1) is 8.64. The van der Waals surface area contributed by atoms with Crippen molar-refractivity contribution in [2.24, 2.45) is 0 Å². The van der Waals surface area contributed by atoms with Crippen molar-refractivity contribution >= 4 is 10.0 Å². The maximum atomic E-state index is 12.4. The average Bonchev–Trinajstić information content (AvgIpc) is 2.40. The van der Waals surface area contributed by atoms with E-state index in [-0.39, 0.29) is 0 Å². The summed E-state index contributed by atoms with van der Waals surface area (Å²) in [7, 11) is -1.50. The Morgan fingerprint density at radius 2 is 2.17 bits per heavy atom. The molecule has 0 aromatic heterocycles. The quantitative estimate of drug-likeness (QED) is 0.837. The van der Waals surface area contributed by atoms with Crippen molar-refractivity contribution in [2.75, 3.05) is 20.1 Å². The highest BCUT2D eigenvalue weighted by molar-refractivity contribution is 7.89. The van der Waals surface area contributed by atoms with Crippen LogP contribution in [0.15, 0.2) is 41.3 Å². The normalized spacial score (nSPS) is 16.9. The molecule has 0 bridgehead atoms. The summed E-state index contributed by atoms with van der Waals surface area (Å²) in [5.41, 5.74) is 0.978. The lowest BCUT2D eigenvalue weighted by Crippen LogP contribution is -2.33. The van der Waals surface area contributed by atoms with Crippen LogP contribution in [0.25, 0.3) is 0 Å². The van der Waals surface area contributed by atoms with Gasteiger partial charge in [-0.05, 0) is 31.2 Å². The van der Waals surface area contributed by atoms with Gasteiger partial charge in [-0.2, -0.15) is 4.31 Å². The molecular weight excluding hydrogens is 248 g/mol. The molecule has 1 aliphatic heterocycles. The van der Waals surface area contributed by atoms with Gasteiger partial charge in [-0.15, -0.1) is 0 Å². The van der Waals surface area contributed by atoms with E-state index in [9.17, 15) is 8.42 Å². The van der Waals surface area contributed by atoms with Gasteiger partial charge in [0.15, 0.2) is 0 Å². The topological polar surface area (TPSA) is 49.4 Å². The Morgan fingerprint density at radius 3 is 2.83 bits per heavy atom. The van der Waals surface area contributed by atoms with Gasteiger partial charge in [-0.1, -0.05) is 24.3 Å². The van der Waals surface area contributed by atoms with Crippen LogP contribution in [0.5, 0.6) is 0 Å². The van der Waals surface area contributed by atoms with Crippen LogP contribution in [-0.4, -0.2) is 32.9 Å². The first-order valence-corrected chi connectivity index (χ1v) is 7.47. The Bertz CT molecular complexity index is 538. The highest BCUT2D eigenvalue weighted by atomic mass is 32.2. The van der Waals surface area contributed by atoms with Crippen molar-refractivity contribution in [3.63, 3.8) is 0 Å². The molecular formula is C13H18N2O2S. The lowest BCUT2D eigenvalue weighted by Gasteiger charge is -2.23. The summed E-state index contributed by atoms with van der Waals surface area (Å²) in [6.07, 6.45) is 4.71. The summed E-state index contributed by atoms with van der Waals surface area (Å²) in [6.45, 7) is 1.71. The van der Waals surface area contributed by atoms with E-state index in [1.165, 1.54) is 4.31 Å². The second-order valence-corrected chi connectivity index (χ2v) is 6.24. The third-order valence-corrected chi connectivity index (χ3v) is 4.80. The second-order valence-electron chi connectivity index (χ2n) is 4.30. The number of sulfonamides is 1. The zero-order valence-electron chi connectivity index (χ0n) is 10.5. The third-order valence-electron chi connectivity index (χ3n) is 2.94. The molecule has 4 nitrogen and oxygen atoms in total. The Labute approximate surface area is 108 Å². The predicted octanol–water partition coefficient (Wildman–Crippen LogP) is 1.36. The molecule has 1 N–H and O–H groups in total. The molecule has 98 valence electrons. The molecule has 0 radical (unpaired) electrons. The van der Waals surface area contributed by atoms with Crippen molar-refractivity contribution < 1.29 is 8.42 Å². The largest absolute Gasteiger partial charge is 0.316 e. The fourth-order valence-electron chi connectivity index (χ4n) is 2.01. The van der Waals surface area contributed by atoms with E-state index >= 15 is 0 Å². The SMILES string of the molecule is CNCc1cccc(S(=O)(=O)N2CC=CCC2)c1. The van der Waals surface area contributed by atoms with Gasteiger partial charge in [-0.3, -0.25) is 0 Å². The van der Waals surface area contributed by atoms with Crippen LogP contribution in [0.1, 0.15) is 12.0 Å². The van der Waals surface area contributed by atoms with E-state index in [1.807, 2.05) is 25.3 Å². The van der Waals surface area contributed by atoms with Crippen molar-refractivity contribution in [2.45, 2.75) is 17.9 Å². The van der Waals surface area contributed by atoms with Crippen molar-refractivity contribution in [1.82, 2.24) is 9.62 Å². The molecule has 0 fully saturated rings. The molecule has 5 heteroatoms. The molecule has 1 aromatic carbocycles. The highest BCUT2D eigenvalue weighted by Crippen LogP contribution is 2.19. The second kappa shape index (κ2) is 5.65. The molecule has 18 heavy (non-hydrogen) atoms. The molecule has 0 amide bonds. The fourth-order valence-corrected chi connectivity index (χ4v) is 3.48. The third kappa shape index (κ3) is 2.80. The van der Waals surface area contributed by atoms with Crippen LogP contribution in [0.2, 0.25) is 0 Å². The minimum atomic E-state index is -3.35. The van der Waals surface area contributed by atoms with Gasteiger partial charge in [0.25, 0.3) is 0 Å². The van der Waals surface area contributed by atoms with E-state index in [2.05, 4.69) is 5.32 Å². The summed E-state index contributed by atoms with van der Waals surface area (Å²) in [6, 6.07) is 7.11. The number of nitrogens with zero attached hydrogens (tertiary/aromatic N) is 1. The first kappa shape index (κ1) is 13.3. The van der Waals surface area contributed by atoms with Crippen molar-refractivity contribution in [3.8, 4) is 0 Å². The molecule has 0 aliphatic carbocycles. The van der Waals surface area contributed by atoms with E-state index < -0.39 is 10.0 Å². The van der Waals surface area contributed by atoms with Gasteiger partial charge in [0.1, 0.15) is 0 Å². The summed E-state index contributed by atoms with van der Waals surface area (Å²) in [5.74, 6) is 0. The van der Waals surface area contributed by atoms with Gasteiger partial charge < -0.3 is 5.32 Å². The van der Waals surface area contributed by atoms with Gasteiger partial charge in [-0.25, -0.2) is 8.42 Å². The molecule has 1 heterocycles. The zero-order valence-corrected chi connectivity index (χ0v) is 11.3. The number of benzene rings is 1. The van der Waals surface area contributed by atoms with Crippen LogP contribution in [0, 0.1) is 0 Å². The lowest BCUT2D eigenvalue weighted by atomic mass is 10.2. The molecule has 0 atom stereocenters. The Morgan fingerprint density at radius 1 is 1.33 bits per heavy atom. The van der Waals surface area contributed by atoms with Gasteiger partial charge in [0, 0.05) is 19.6 Å². The summed E-state index contributed by atoms with van der Waals surface area (Å²) < 4.78 is 26.3. The predicted molar refractivity (Wildman–Crippen MR) is 71.7 cm³/mol. The monoisotopic (exact) mass is 266 g/mol. The minimum absolute atomic E-state index is 0.380. The summed E-state index contributed by atoms with van der Waals surface area (Å²) in [5, 5.41) is 3.02. The molecule has 0 spiro atoms. The van der Waals surface area contributed by atoms with Crippen LogP contribution < -0.4 is 5.32 Å². The van der Waals surface area contributed by atoms with Crippen LogP contribution in [0.3, 0.4) is 0 Å². The molecule has 0 unspecified atom stereocenters. The Balaban J connectivity index is 2.28. The molecule has 0 saturated heterocycles. The van der Waals surface area contributed by atoms with Gasteiger partial charge in [0.2, 0.25) is 10.0 Å². The Kier molecular flexibility index (Phi) is 4.16. The van der Waals surface area contributed by atoms with E-state index in [0.717, 1.165) is 12.0 Å². The van der Waals surface area contributed by atoms with E-state index in [4.69, 9.17) is 0 Å². The summed E-state index contributed by atoms with van der Waals surface area (Å²) >= 11 is 0. The standard InChI is InChI=1S/C13H18N2O2S/c1-14-11-12-6-5-7-13(10-12)18(16,17)15-8-3-2-4-9-15/h2-3,5-7,10,14H,4,8-9,11H2,1H3. The zero-order chi connectivity index (χ0) is 13.0. The van der Waals surface area contributed by atoms with Gasteiger partial charge >= 0.3 is 0 Å². The number of hydrogen-bond acceptors (Lipinski definition) is 3. The van der Waals surface area contributed by atoms with Crippen LogP contribution in [-0.2, 0) is 16.6 Å². The molecule has 1 aliphatic rings. The average molecular weight is 266 g/mol. The fraction of sp³-hybridized carbons (Fsp3) is 0.385. The molecule has 0 saturated carbocycles. The smallest absolute Gasteiger partial charge is 0.243 e. The maximum absolute atomic E-state index is 12.4. The van der Waals surface area contributed by atoms with E-state index in [0.29, 0.717) is 24.5 Å². The highest BCUT2D eigenvalue weighted by Gasteiger charge is 2.24. The number of rotatable bonds is 4. The van der Waals surface area contributed by atoms with E-state index in [1.54, 1.807) is 18.2 Å². The number of nitrogens with one attached hydrogen (secondary N) is 1. The summed E-state index contributed by atoms with van der Waals surface area (Å²) in [4.78, 5) is 0.380. The minimum Gasteiger partial charge on any atom is -0.316 e. The van der Waals surface area contributed by atoms with Gasteiger partial charge in [0.05, 0.1) is 4.90 Å². The number of hydrogen-bond donors (Lipinski definition) is 1. The lowest BCUT2D eigenvalue weighted by molar-refractivity contribution is 0.437. The van der Waals surface area contributed by atoms with Crippen molar-refractivity contribution in [1.29, 1.82) is 0 Å². The maximum Gasteiger partial charge on any atom is 0.243 e. The molecule has 2 rings (SSSR count). The Hall–Kier alpha value is -1.17. The first-order valence-electron chi connectivity index (χ1n) is 6.03. The molecule has 1 aromatic rings.